The molecule has 0 unspecified atom stereocenters. The largest absolute Gasteiger partial charge is 0.497 e. The van der Waals surface area contributed by atoms with Crippen LogP contribution in [0.4, 0.5) is 5.69 Å². The fourth-order valence-corrected chi connectivity index (χ4v) is 2.94. The van der Waals surface area contributed by atoms with E-state index < -0.39 is 0 Å². The van der Waals surface area contributed by atoms with Crippen molar-refractivity contribution in [3.8, 4) is 11.5 Å². The van der Waals surface area contributed by atoms with Gasteiger partial charge in [0.05, 0.1) is 33.1 Å². The van der Waals surface area contributed by atoms with E-state index in [1.54, 1.807) is 32.4 Å². The van der Waals surface area contributed by atoms with E-state index in [0.29, 0.717) is 23.7 Å². The highest BCUT2D eigenvalue weighted by Gasteiger charge is 2.18. The van der Waals surface area contributed by atoms with Crippen LogP contribution in [0, 0.1) is 0 Å². The lowest BCUT2D eigenvalue weighted by Crippen LogP contribution is -2.42. The zero-order valence-electron chi connectivity index (χ0n) is 16.3. The molecule has 1 aromatic carbocycles. The van der Waals surface area contributed by atoms with Crippen LogP contribution in [0.3, 0.4) is 0 Å². The molecule has 0 spiro atoms. The van der Waals surface area contributed by atoms with Gasteiger partial charge in [0.2, 0.25) is 11.8 Å². The number of rotatable bonds is 9. The monoisotopic (exact) mass is 379 g/mol. The number of carbonyl (C=O) groups is 2. The number of morpholine rings is 1. The first-order valence-corrected chi connectivity index (χ1v) is 9.12. The molecule has 0 atom stereocenters. The van der Waals surface area contributed by atoms with E-state index >= 15 is 0 Å². The highest BCUT2D eigenvalue weighted by atomic mass is 16.5. The number of ether oxygens (including phenoxy) is 3. The number of hydrogen-bond donors (Lipinski definition) is 1. The molecule has 2 rings (SSSR count). The highest BCUT2D eigenvalue weighted by Crippen LogP contribution is 2.32. The van der Waals surface area contributed by atoms with Crippen LogP contribution in [0.2, 0.25) is 0 Å². The van der Waals surface area contributed by atoms with E-state index in [0.717, 1.165) is 32.8 Å². The second kappa shape index (κ2) is 10.7. The SMILES string of the molecule is COc1ccc(OC)c(N(CCC(=O)NCCN2CCOCC2)C(C)=O)c1. The van der Waals surface area contributed by atoms with Gasteiger partial charge in [0, 0.05) is 52.1 Å². The van der Waals surface area contributed by atoms with E-state index in [9.17, 15) is 9.59 Å². The standard InChI is InChI=1S/C19H29N3O5/c1-15(23)22(17-14-16(25-2)4-5-18(17)26-3)8-6-19(24)20-7-9-21-10-12-27-13-11-21/h4-5,14H,6-13H2,1-3H3,(H,20,24). The molecule has 1 aliphatic heterocycles. The van der Waals surface area contributed by atoms with Crippen LogP contribution < -0.4 is 19.7 Å². The Labute approximate surface area is 160 Å². The minimum Gasteiger partial charge on any atom is -0.497 e. The van der Waals surface area contributed by atoms with E-state index in [2.05, 4.69) is 10.2 Å². The quantitative estimate of drug-likeness (QED) is 0.687. The molecular weight excluding hydrogens is 350 g/mol. The van der Waals surface area contributed by atoms with Crippen molar-refractivity contribution in [3.05, 3.63) is 18.2 Å². The summed E-state index contributed by atoms with van der Waals surface area (Å²) in [4.78, 5) is 28.1. The minimum atomic E-state index is -0.164. The summed E-state index contributed by atoms with van der Waals surface area (Å²) in [6, 6.07) is 5.24. The summed E-state index contributed by atoms with van der Waals surface area (Å²) in [5.74, 6) is 0.921. The van der Waals surface area contributed by atoms with Crippen molar-refractivity contribution in [3.63, 3.8) is 0 Å². The number of carbonyl (C=O) groups excluding carboxylic acids is 2. The van der Waals surface area contributed by atoms with Gasteiger partial charge in [0.1, 0.15) is 11.5 Å². The number of amides is 2. The normalized spacial score (nSPS) is 14.5. The number of anilines is 1. The molecule has 1 aliphatic rings. The van der Waals surface area contributed by atoms with Crippen LogP contribution in [-0.4, -0.2) is 76.9 Å². The predicted molar refractivity (Wildman–Crippen MR) is 102 cm³/mol. The maximum atomic E-state index is 12.2. The molecule has 1 heterocycles. The van der Waals surface area contributed by atoms with Crippen LogP contribution in [0.25, 0.3) is 0 Å². The number of benzene rings is 1. The summed E-state index contributed by atoms with van der Waals surface area (Å²) in [5.41, 5.74) is 0.588. The second-order valence-corrected chi connectivity index (χ2v) is 6.26. The van der Waals surface area contributed by atoms with Gasteiger partial charge in [0.15, 0.2) is 0 Å². The molecule has 27 heavy (non-hydrogen) atoms. The number of nitrogens with zero attached hydrogens (tertiary/aromatic N) is 2. The van der Waals surface area contributed by atoms with Gasteiger partial charge in [0.25, 0.3) is 0 Å². The molecule has 1 saturated heterocycles. The van der Waals surface area contributed by atoms with Gasteiger partial charge >= 0.3 is 0 Å². The highest BCUT2D eigenvalue weighted by molar-refractivity contribution is 5.94. The topological polar surface area (TPSA) is 80.3 Å². The summed E-state index contributed by atoms with van der Waals surface area (Å²) >= 11 is 0. The lowest BCUT2D eigenvalue weighted by atomic mass is 10.2. The van der Waals surface area contributed by atoms with Crippen LogP contribution in [0.15, 0.2) is 18.2 Å². The van der Waals surface area contributed by atoms with Gasteiger partial charge in [-0.3, -0.25) is 14.5 Å². The van der Waals surface area contributed by atoms with Crippen molar-refractivity contribution in [1.29, 1.82) is 0 Å². The molecule has 0 saturated carbocycles. The molecule has 8 nitrogen and oxygen atoms in total. The van der Waals surface area contributed by atoms with E-state index in [4.69, 9.17) is 14.2 Å². The first kappa shape index (κ1) is 21.0. The van der Waals surface area contributed by atoms with Gasteiger partial charge in [-0.15, -0.1) is 0 Å². The van der Waals surface area contributed by atoms with Crippen molar-refractivity contribution in [1.82, 2.24) is 10.2 Å². The summed E-state index contributed by atoms with van der Waals surface area (Å²) in [6.07, 6.45) is 0.211. The molecular formula is C19H29N3O5. The summed E-state index contributed by atoms with van der Waals surface area (Å²) < 4.78 is 15.9. The second-order valence-electron chi connectivity index (χ2n) is 6.26. The summed E-state index contributed by atoms with van der Waals surface area (Å²) in [7, 11) is 3.10. The smallest absolute Gasteiger partial charge is 0.223 e. The predicted octanol–water partition coefficient (Wildman–Crippen LogP) is 0.895. The third kappa shape index (κ3) is 6.41. The first-order chi connectivity index (χ1) is 13.0. The van der Waals surface area contributed by atoms with E-state index in [1.165, 1.54) is 11.8 Å². The van der Waals surface area contributed by atoms with Gasteiger partial charge in [-0.2, -0.15) is 0 Å². The minimum absolute atomic E-state index is 0.0867. The Hall–Kier alpha value is -2.32. The molecule has 8 heteroatoms. The van der Waals surface area contributed by atoms with Gasteiger partial charge < -0.3 is 24.4 Å². The van der Waals surface area contributed by atoms with E-state index in [-0.39, 0.29) is 24.8 Å². The molecule has 1 N–H and O–H groups in total. The zero-order chi connectivity index (χ0) is 19.6. The Bertz CT molecular complexity index is 632. The molecule has 0 aromatic heterocycles. The number of nitrogens with one attached hydrogen (secondary N) is 1. The molecule has 2 amide bonds. The van der Waals surface area contributed by atoms with Crippen molar-refractivity contribution < 1.29 is 23.8 Å². The first-order valence-electron chi connectivity index (χ1n) is 9.12. The average molecular weight is 379 g/mol. The van der Waals surface area contributed by atoms with Crippen molar-refractivity contribution in [2.45, 2.75) is 13.3 Å². The summed E-state index contributed by atoms with van der Waals surface area (Å²) in [6.45, 7) is 6.38. The maximum absolute atomic E-state index is 12.2. The van der Waals surface area contributed by atoms with E-state index in [1.807, 2.05) is 0 Å². The Kier molecular flexibility index (Phi) is 8.35. The Morgan fingerprint density at radius 2 is 1.96 bits per heavy atom. The van der Waals surface area contributed by atoms with Gasteiger partial charge in [-0.1, -0.05) is 0 Å². The fraction of sp³-hybridized carbons (Fsp3) is 0.579. The number of methoxy groups -OCH3 is 2. The van der Waals surface area contributed by atoms with Crippen LogP contribution in [0.5, 0.6) is 11.5 Å². The third-order valence-corrected chi connectivity index (χ3v) is 4.47. The Balaban J connectivity index is 1.88. The van der Waals surface area contributed by atoms with Crippen LogP contribution >= 0.6 is 0 Å². The van der Waals surface area contributed by atoms with Crippen LogP contribution in [0.1, 0.15) is 13.3 Å². The summed E-state index contributed by atoms with van der Waals surface area (Å²) in [5, 5.41) is 2.91. The van der Waals surface area contributed by atoms with Crippen LogP contribution in [-0.2, 0) is 14.3 Å². The average Bonchev–Trinajstić information content (AvgIpc) is 2.68. The van der Waals surface area contributed by atoms with Crippen molar-refractivity contribution in [2.24, 2.45) is 0 Å². The maximum Gasteiger partial charge on any atom is 0.223 e. The third-order valence-electron chi connectivity index (χ3n) is 4.47. The molecule has 0 aliphatic carbocycles. The van der Waals surface area contributed by atoms with Crippen molar-refractivity contribution >= 4 is 17.5 Å². The molecule has 0 bridgehead atoms. The van der Waals surface area contributed by atoms with Gasteiger partial charge in [-0.05, 0) is 12.1 Å². The van der Waals surface area contributed by atoms with Gasteiger partial charge in [-0.25, -0.2) is 0 Å². The lowest BCUT2D eigenvalue weighted by Gasteiger charge is -2.26. The molecule has 1 aromatic rings. The Morgan fingerprint density at radius 3 is 2.59 bits per heavy atom. The number of hydrogen-bond acceptors (Lipinski definition) is 6. The Morgan fingerprint density at radius 1 is 1.22 bits per heavy atom. The molecule has 150 valence electrons. The molecule has 0 radical (unpaired) electrons. The zero-order valence-corrected chi connectivity index (χ0v) is 16.3. The molecule has 1 fully saturated rings. The van der Waals surface area contributed by atoms with Crippen molar-refractivity contribution in [2.75, 3.05) is 65.1 Å². The lowest BCUT2D eigenvalue weighted by molar-refractivity contribution is -0.121. The fourth-order valence-electron chi connectivity index (χ4n) is 2.94.